The van der Waals surface area contributed by atoms with E-state index in [9.17, 15) is 45.3 Å². The molecule has 56 heavy (non-hydrogen) atoms. The molecule has 18 atom stereocenters. The van der Waals surface area contributed by atoms with E-state index in [-0.39, 0.29) is 46.7 Å². The number of hydrogen-bond donors (Lipinski definition) is 7. The number of hydrogen-bond acceptors (Lipinski definition) is 14. The largest absolute Gasteiger partial charge is 0.467 e. The van der Waals surface area contributed by atoms with Crippen molar-refractivity contribution in [3.8, 4) is 0 Å². The van der Waals surface area contributed by atoms with Gasteiger partial charge in [0.2, 0.25) is 6.29 Å². The third-order valence-electron chi connectivity index (χ3n) is 17.0. The summed E-state index contributed by atoms with van der Waals surface area (Å²) in [5.41, 5.74) is -1.46. The Bertz CT molecular complexity index is 1560. The summed E-state index contributed by atoms with van der Waals surface area (Å²) in [6.07, 6.45) is -6.70. The van der Waals surface area contributed by atoms with Crippen LogP contribution in [0, 0.1) is 50.2 Å². The van der Waals surface area contributed by atoms with Gasteiger partial charge in [0.25, 0.3) is 0 Å². The lowest BCUT2D eigenvalue weighted by Gasteiger charge is -2.71. The molecule has 14 nitrogen and oxygen atoms in total. The number of rotatable bonds is 5. The number of methoxy groups -OCH3 is 1. The van der Waals surface area contributed by atoms with E-state index in [0.29, 0.717) is 32.1 Å². The molecule has 5 aliphatic carbocycles. The number of carbonyl (C=O) groups is 2. The van der Waals surface area contributed by atoms with Gasteiger partial charge in [-0.1, -0.05) is 60.1 Å². The second-order valence-electron chi connectivity index (χ2n) is 20.5. The molecule has 7 aliphatic rings. The molecule has 0 aromatic rings. The van der Waals surface area contributed by atoms with E-state index in [1.54, 1.807) is 0 Å². The lowest BCUT2D eigenvalue weighted by atomic mass is 9.33. The molecule has 7 N–H and O–H groups in total. The molecule has 2 heterocycles. The molecule has 4 saturated carbocycles. The molecular weight excluding hydrogens is 728 g/mol. The number of carbonyl (C=O) groups excluding carboxylic acids is 2. The van der Waals surface area contributed by atoms with Gasteiger partial charge in [0, 0.05) is 0 Å². The minimum atomic E-state index is -1.67. The standard InChI is InChI=1S/C42H66O14/c1-37(2)15-16-42(36(51)56-34-30(48)27(45)22(43)19-53-34)21(17-37)20-9-10-24-39(5)13-12-26(54-35-31(49)28(46)29(47)32(55-35)33(50)52-8)38(3,4)23(39)11-14-40(24,6)41(20,7)18-25(42)44/h9,21-32,34-35,43-49H,10-19H2,1-8H3/t21-,22-,23-,24+,25+,26-,27-,28-,29-,30+,31+,32-,34-,35+,39-,40+,41+,42+/m0/s1. The minimum absolute atomic E-state index is 0.112. The van der Waals surface area contributed by atoms with Crippen molar-refractivity contribution < 1.29 is 69.0 Å². The van der Waals surface area contributed by atoms with E-state index in [2.05, 4.69) is 54.5 Å². The average molecular weight is 795 g/mol. The summed E-state index contributed by atoms with van der Waals surface area (Å²) in [6, 6.07) is 0. The summed E-state index contributed by atoms with van der Waals surface area (Å²) in [5, 5.41) is 75.4. The molecule has 7 rings (SSSR count). The van der Waals surface area contributed by atoms with Crippen molar-refractivity contribution in [2.45, 2.75) is 174 Å². The molecule has 0 aromatic carbocycles. The van der Waals surface area contributed by atoms with Gasteiger partial charge >= 0.3 is 11.9 Å². The molecule has 6 fully saturated rings. The molecule has 0 amide bonds. The Morgan fingerprint density at radius 1 is 0.768 bits per heavy atom. The van der Waals surface area contributed by atoms with Crippen LogP contribution in [-0.2, 0) is 33.3 Å². The molecule has 14 heteroatoms. The van der Waals surface area contributed by atoms with Crippen LogP contribution in [0.15, 0.2) is 11.6 Å². The van der Waals surface area contributed by atoms with Crippen molar-refractivity contribution in [2.75, 3.05) is 13.7 Å². The van der Waals surface area contributed by atoms with E-state index < -0.39 is 89.6 Å². The highest BCUT2D eigenvalue weighted by molar-refractivity contribution is 5.80. The van der Waals surface area contributed by atoms with Gasteiger partial charge in [-0.25, -0.2) is 4.79 Å². The molecule has 0 radical (unpaired) electrons. The number of fused-ring (bicyclic) bond motifs is 7. The molecule has 0 spiro atoms. The molecule has 2 aliphatic heterocycles. The van der Waals surface area contributed by atoms with Crippen molar-refractivity contribution in [1.29, 1.82) is 0 Å². The van der Waals surface area contributed by atoms with Gasteiger partial charge in [-0.15, -0.1) is 0 Å². The number of aliphatic hydroxyl groups is 7. The molecule has 0 bridgehead atoms. The maximum atomic E-state index is 14.5. The summed E-state index contributed by atoms with van der Waals surface area (Å²) in [5.74, 6) is -1.42. The van der Waals surface area contributed by atoms with Crippen LogP contribution in [0.4, 0.5) is 0 Å². The highest BCUT2D eigenvalue weighted by Crippen LogP contribution is 2.76. The average Bonchev–Trinajstić information content (AvgIpc) is 3.12. The zero-order valence-electron chi connectivity index (χ0n) is 34.2. The monoisotopic (exact) mass is 794 g/mol. The van der Waals surface area contributed by atoms with Gasteiger partial charge in [-0.2, -0.15) is 0 Å². The zero-order chi connectivity index (χ0) is 41.1. The van der Waals surface area contributed by atoms with Crippen molar-refractivity contribution in [1.82, 2.24) is 0 Å². The van der Waals surface area contributed by atoms with E-state index in [1.165, 1.54) is 5.57 Å². The summed E-state index contributed by atoms with van der Waals surface area (Å²) in [4.78, 5) is 26.9. The number of ether oxygens (including phenoxy) is 5. The van der Waals surface area contributed by atoms with Gasteiger partial charge in [-0.05, 0) is 103 Å². The Morgan fingerprint density at radius 2 is 1.45 bits per heavy atom. The first-order valence-electron chi connectivity index (χ1n) is 20.7. The highest BCUT2D eigenvalue weighted by atomic mass is 16.7. The third kappa shape index (κ3) is 6.09. The summed E-state index contributed by atoms with van der Waals surface area (Å²) in [6.45, 7) is 15.5. The van der Waals surface area contributed by atoms with Crippen LogP contribution in [0.3, 0.4) is 0 Å². The molecule has 0 unspecified atom stereocenters. The smallest absolute Gasteiger partial charge is 0.337 e. The van der Waals surface area contributed by atoms with Crippen LogP contribution < -0.4 is 0 Å². The second kappa shape index (κ2) is 14.2. The predicted molar refractivity (Wildman–Crippen MR) is 198 cm³/mol. The van der Waals surface area contributed by atoms with Crippen LogP contribution in [0.2, 0.25) is 0 Å². The van der Waals surface area contributed by atoms with E-state index in [0.717, 1.165) is 32.8 Å². The highest BCUT2D eigenvalue weighted by Gasteiger charge is 2.72. The SMILES string of the molecule is COC(=O)[C@H]1O[C@@H](O[C@H]2CC[C@]3(C)[C@H]4CC=C5[C@@H]6CC(C)(C)CC[C@]6(C(=O)O[C@@H]6OC[C@H](O)[C@H](O)[C@H]6O)[C@H](O)C[C@@]5(C)[C@]4(C)CC[C@H]3C2(C)C)[C@H](O)[C@@H](O)[C@@H]1O. The molecule has 0 aromatic heterocycles. The maximum absolute atomic E-state index is 14.5. The van der Waals surface area contributed by atoms with E-state index in [4.69, 9.17) is 23.7 Å². The van der Waals surface area contributed by atoms with Crippen LogP contribution in [0.25, 0.3) is 0 Å². The van der Waals surface area contributed by atoms with Crippen molar-refractivity contribution in [2.24, 2.45) is 50.2 Å². The van der Waals surface area contributed by atoms with Crippen molar-refractivity contribution in [3.63, 3.8) is 0 Å². The van der Waals surface area contributed by atoms with Crippen LogP contribution in [0.5, 0.6) is 0 Å². The number of esters is 2. The van der Waals surface area contributed by atoms with Crippen LogP contribution in [-0.4, -0.2) is 129 Å². The number of aliphatic hydroxyl groups excluding tert-OH is 7. The van der Waals surface area contributed by atoms with Crippen LogP contribution in [0.1, 0.15) is 106 Å². The fourth-order valence-corrected chi connectivity index (χ4v) is 13.5. The first-order valence-corrected chi connectivity index (χ1v) is 20.7. The van der Waals surface area contributed by atoms with Gasteiger partial charge in [-0.3, -0.25) is 4.79 Å². The van der Waals surface area contributed by atoms with Gasteiger partial charge in [0.15, 0.2) is 12.4 Å². The zero-order valence-corrected chi connectivity index (χ0v) is 34.2. The normalized spacial score (nSPS) is 52.2. The van der Waals surface area contributed by atoms with Crippen molar-refractivity contribution >= 4 is 11.9 Å². The Morgan fingerprint density at radius 3 is 2.12 bits per heavy atom. The Balaban J connectivity index is 1.17. The van der Waals surface area contributed by atoms with Gasteiger partial charge in [0.05, 0.1) is 25.9 Å². The Hall–Kier alpha value is -1.72. The maximum Gasteiger partial charge on any atom is 0.337 e. The fourth-order valence-electron chi connectivity index (χ4n) is 13.5. The van der Waals surface area contributed by atoms with Gasteiger partial charge in [0.1, 0.15) is 42.0 Å². The minimum Gasteiger partial charge on any atom is -0.467 e. The first-order chi connectivity index (χ1) is 26.0. The molecule has 2 saturated heterocycles. The fraction of sp³-hybridized carbons (Fsp3) is 0.905. The van der Waals surface area contributed by atoms with Gasteiger partial charge < -0.3 is 59.4 Å². The first kappa shape index (κ1) is 42.4. The summed E-state index contributed by atoms with van der Waals surface area (Å²) < 4.78 is 28.4. The molecular formula is C42H66O14. The van der Waals surface area contributed by atoms with Crippen molar-refractivity contribution in [3.05, 3.63) is 11.6 Å². The summed E-state index contributed by atoms with van der Waals surface area (Å²) >= 11 is 0. The van der Waals surface area contributed by atoms with E-state index >= 15 is 0 Å². The lowest BCUT2D eigenvalue weighted by molar-refractivity contribution is -0.324. The third-order valence-corrected chi connectivity index (χ3v) is 17.0. The Labute approximate surface area is 329 Å². The van der Waals surface area contributed by atoms with E-state index in [1.807, 2.05) is 0 Å². The predicted octanol–water partition coefficient (Wildman–Crippen LogP) is 2.11. The molecule has 318 valence electrons. The lowest BCUT2D eigenvalue weighted by Crippen LogP contribution is -2.68. The second-order valence-corrected chi connectivity index (χ2v) is 20.5. The number of allylic oxidation sites excluding steroid dienone is 2. The Kier molecular flexibility index (Phi) is 10.8. The summed E-state index contributed by atoms with van der Waals surface area (Å²) in [7, 11) is 1.16. The quantitative estimate of drug-likeness (QED) is 0.120. The topological polar surface area (TPSA) is 222 Å². The van der Waals surface area contributed by atoms with Crippen LogP contribution >= 0.6 is 0 Å².